The van der Waals surface area contributed by atoms with E-state index >= 15 is 0 Å². The lowest BCUT2D eigenvalue weighted by atomic mass is 10.3. The van der Waals surface area contributed by atoms with Crippen LogP contribution in [0.2, 0.25) is 0 Å². The molecule has 1 aromatic heterocycles. The molecule has 0 aliphatic carbocycles. The maximum atomic E-state index is 3.92. The van der Waals surface area contributed by atoms with E-state index in [1.807, 2.05) is 13.0 Å². The zero-order chi connectivity index (χ0) is 6.69. The second-order valence-electron chi connectivity index (χ2n) is 1.95. The Kier molecular flexibility index (Phi) is 1.78. The summed E-state index contributed by atoms with van der Waals surface area (Å²) in [4.78, 5) is 7.77. The third-order valence-electron chi connectivity index (χ3n) is 1.16. The van der Waals surface area contributed by atoms with Crippen LogP contribution in [0.3, 0.4) is 0 Å². The lowest BCUT2D eigenvalue weighted by Crippen LogP contribution is -1.89. The first-order valence-corrected chi connectivity index (χ1v) is 3.03. The van der Waals surface area contributed by atoms with E-state index < -0.39 is 0 Å². The summed E-state index contributed by atoms with van der Waals surface area (Å²) in [5, 5.41) is 0. The smallest absolute Gasteiger partial charge is 0.198 e. The van der Waals surface area contributed by atoms with Gasteiger partial charge in [-0.1, -0.05) is 6.92 Å². The number of aromatic nitrogens is 2. The fourth-order valence-corrected chi connectivity index (χ4v) is 0.655. The number of nitrogens with zero attached hydrogens (tertiary/aromatic N) is 2. The molecule has 0 bridgehead atoms. The highest BCUT2D eigenvalue weighted by molar-refractivity contribution is 5.05. The molecule has 0 N–H and O–H groups in total. The Balaban J connectivity index is 2.94. The van der Waals surface area contributed by atoms with Crippen molar-refractivity contribution in [2.24, 2.45) is 0 Å². The van der Waals surface area contributed by atoms with Crippen molar-refractivity contribution in [3.05, 3.63) is 23.8 Å². The van der Waals surface area contributed by atoms with Crippen molar-refractivity contribution in [2.75, 3.05) is 0 Å². The minimum Gasteiger partial charge on any atom is -0.231 e. The van der Waals surface area contributed by atoms with Crippen molar-refractivity contribution in [1.82, 2.24) is 9.97 Å². The minimum atomic E-state index is 0.958. The van der Waals surface area contributed by atoms with Crippen LogP contribution < -0.4 is 0 Å². The quantitative estimate of drug-likeness (QED) is 0.557. The number of hydrogen-bond acceptors (Lipinski definition) is 2. The molecule has 1 radical (unpaired) electrons. The van der Waals surface area contributed by atoms with Gasteiger partial charge in [0.1, 0.15) is 0 Å². The third-order valence-corrected chi connectivity index (χ3v) is 1.16. The van der Waals surface area contributed by atoms with Crippen LogP contribution in [0.15, 0.2) is 6.07 Å². The molecule has 1 rings (SSSR count). The Morgan fingerprint density at radius 3 is 2.78 bits per heavy atom. The van der Waals surface area contributed by atoms with Gasteiger partial charge in [0.25, 0.3) is 0 Å². The van der Waals surface area contributed by atoms with Gasteiger partial charge in [-0.2, -0.15) is 0 Å². The molecule has 0 saturated carbocycles. The van der Waals surface area contributed by atoms with Crippen LogP contribution in [-0.2, 0) is 6.42 Å². The van der Waals surface area contributed by atoms with Crippen LogP contribution in [0.1, 0.15) is 18.3 Å². The highest BCUT2D eigenvalue weighted by atomic mass is 14.8. The van der Waals surface area contributed by atoms with Gasteiger partial charge in [0.05, 0.1) is 0 Å². The van der Waals surface area contributed by atoms with Crippen molar-refractivity contribution in [1.29, 1.82) is 0 Å². The van der Waals surface area contributed by atoms with Crippen LogP contribution in [-0.4, -0.2) is 9.97 Å². The van der Waals surface area contributed by atoms with Gasteiger partial charge in [-0.15, -0.1) is 0 Å². The predicted molar refractivity (Wildman–Crippen MR) is 35.0 cm³/mol. The molecular formula is C7H9N2. The molecular weight excluding hydrogens is 112 g/mol. The zero-order valence-corrected chi connectivity index (χ0v) is 5.68. The molecule has 1 heterocycles. The summed E-state index contributed by atoms with van der Waals surface area (Å²) in [5.74, 6) is 0. The van der Waals surface area contributed by atoms with E-state index in [1.54, 1.807) is 0 Å². The molecule has 0 aliphatic heterocycles. The van der Waals surface area contributed by atoms with Gasteiger partial charge in [0.15, 0.2) is 6.33 Å². The van der Waals surface area contributed by atoms with E-state index in [2.05, 4.69) is 23.2 Å². The Bertz CT molecular complexity index is 196. The first kappa shape index (κ1) is 6.20. The highest BCUT2D eigenvalue weighted by Gasteiger charge is 1.89. The van der Waals surface area contributed by atoms with E-state index in [4.69, 9.17) is 0 Å². The summed E-state index contributed by atoms with van der Waals surface area (Å²) in [7, 11) is 0. The number of rotatable bonds is 1. The Morgan fingerprint density at radius 1 is 1.56 bits per heavy atom. The van der Waals surface area contributed by atoms with Crippen LogP contribution in [0.5, 0.6) is 0 Å². The van der Waals surface area contributed by atoms with Crippen molar-refractivity contribution >= 4 is 0 Å². The van der Waals surface area contributed by atoms with Crippen LogP contribution in [0, 0.1) is 13.3 Å². The SMILES string of the molecule is CCc1cc(C)n[c]n1. The van der Waals surface area contributed by atoms with E-state index in [1.165, 1.54) is 0 Å². The first-order chi connectivity index (χ1) is 4.33. The number of hydrogen-bond donors (Lipinski definition) is 0. The molecule has 0 fully saturated rings. The largest absolute Gasteiger partial charge is 0.231 e. The van der Waals surface area contributed by atoms with Crippen molar-refractivity contribution in [2.45, 2.75) is 20.3 Å². The Morgan fingerprint density at radius 2 is 2.33 bits per heavy atom. The summed E-state index contributed by atoms with van der Waals surface area (Å²) in [5.41, 5.74) is 2.05. The molecule has 0 aliphatic rings. The van der Waals surface area contributed by atoms with Gasteiger partial charge in [-0.05, 0) is 19.4 Å². The van der Waals surface area contributed by atoms with Crippen LogP contribution in [0.25, 0.3) is 0 Å². The van der Waals surface area contributed by atoms with E-state index in [0.717, 1.165) is 17.8 Å². The standard InChI is InChI=1S/C7H9N2/c1-3-7-4-6(2)8-5-9-7/h4H,3H2,1-2H3. The summed E-state index contributed by atoms with van der Waals surface area (Å²) >= 11 is 0. The zero-order valence-electron chi connectivity index (χ0n) is 5.68. The molecule has 2 nitrogen and oxygen atoms in total. The van der Waals surface area contributed by atoms with Gasteiger partial charge in [0.2, 0.25) is 0 Å². The molecule has 2 heteroatoms. The summed E-state index contributed by atoms with van der Waals surface area (Å²) in [6.45, 7) is 4.01. The molecule has 0 aromatic carbocycles. The lowest BCUT2D eigenvalue weighted by Gasteiger charge is -1.92. The first-order valence-electron chi connectivity index (χ1n) is 3.03. The van der Waals surface area contributed by atoms with Gasteiger partial charge in [0, 0.05) is 11.4 Å². The van der Waals surface area contributed by atoms with E-state index in [0.29, 0.717) is 0 Å². The molecule has 0 atom stereocenters. The van der Waals surface area contributed by atoms with Crippen molar-refractivity contribution in [3.8, 4) is 0 Å². The number of aryl methyl sites for hydroxylation is 2. The van der Waals surface area contributed by atoms with Gasteiger partial charge < -0.3 is 0 Å². The average molecular weight is 121 g/mol. The molecule has 9 heavy (non-hydrogen) atoms. The summed E-state index contributed by atoms with van der Waals surface area (Å²) < 4.78 is 0. The summed E-state index contributed by atoms with van der Waals surface area (Å²) in [6.07, 6.45) is 3.54. The van der Waals surface area contributed by atoms with Crippen molar-refractivity contribution in [3.63, 3.8) is 0 Å². The second-order valence-corrected chi connectivity index (χ2v) is 1.95. The Labute approximate surface area is 55.0 Å². The molecule has 0 unspecified atom stereocenters. The van der Waals surface area contributed by atoms with Crippen molar-refractivity contribution < 1.29 is 0 Å². The van der Waals surface area contributed by atoms with Crippen LogP contribution >= 0.6 is 0 Å². The van der Waals surface area contributed by atoms with Gasteiger partial charge in [-0.25, -0.2) is 9.97 Å². The maximum Gasteiger partial charge on any atom is 0.198 e. The maximum absolute atomic E-state index is 3.92. The van der Waals surface area contributed by atoms with E-state index in [9.17, 15) is 0 Å². The molecule has 0 saturated heterocycles. The molecule has 0 amide bonds. The fourth-order valence-electron chi connectivity index (χ4n) is 0.655. The fraction of sp³-hybridized carbons (Fsp3) is 0.429. The molecule has 47 valence electrons. The van der Waals surface area contributed by atoms with Crippen LogP contribution in [0.4, 0.5) is 0 Å². The monoisotopic (exact) mass is 121 g/mol. The van der Waals surface area contributed by atoms with Gasteiger partial charge >= 0.3 is 0 Å². The van der Waals surface area contributed by atoms with E-state index in [-0.39, 0.29) is 0 Å². The third kappa shape index (κ3) is 1.49. The molecule has 1 aromatic rings. The second kappa shape index (κ2) is 2.58. The normalized spacial score (nSPS) is 9.56. The lowest BCUT2D eigenvalue weighted by molar-refractivity contribution is 0.967. The highest BCUT2D eigenvalue weighted by Crippen LogP contribution is 1.95. The van der Waals surface area contributed by atoms with Gasteiger partial charge in [-0.3, -0.25) is 0 Å². The average Bonchev–Trinajstić information content (AvgIpc) is 1.88. The Hall–Kier alpha value is -0.920. The predicted octanol–water partition coefficient (Wildman–Crippen LogP) is 1.15. The molecule has 0 spiro atoms. The minimum absolute atomic E-state index is 0.958. The topological polar surface area (TPSA) is 25.8 Å². The summed E-state index contributed by atoms with van der Waals surface area (Å²) in [6, 6.07) is 1.97.